The van der Waals surface area contributed by atoms with Crippen molar-refractivity contribution < 1.29 is 30.0 Å². The Balaban J connectivity index is 4.22. The summed E-state index contributed by atoms with van der Waals surface area (Å²) in [6, 6.07) is 0. The minimum atomic E-state index is -1.56. The van der Waals surface area contributed by atoms with Crippen molar-refractivity contribution >= 4 is 0 Å². The molecule has 5 N–H and O–H groups in total. The predicted octanol–water partition coefficient (Wildman–Crippen LogP) is 10.4. The van der Waals surface area contributed by atoms with Gasteiger partial charge < -0.3 is 30.0 Å². The lowest BCUT2D eigenvalue weighted by Crippen LogP contribution is -2.56. The van der Waals surface area contributed by atoms with E-state index < -0.39 is 31.0 Å². The average molecular weight is 701 g/mol. The van der Waals surface area contributed by atoms with E-state index in [1.807, 2.05) is 0 Å². The third-order valence-corrected chi connectivity index (χ3v) is 11.1. The molecule has 6 nitrogen and oxygen atoms in total. The van der Waals surface area contributed by atoms with Crippen molar-refractivity contribution in [3.63, 3.8) is 0 Å². The largest absolute Gasteiger partial charge is 0.394 e. The lowest BCUT2D eigenvalue weighted by atomic mass is 10.0. The first kappa shape index (κ1) is 48.8. The Morgan fingerprint density at radius 2 is 0.571 bits per heavy atom. The summed E-state index contributed by atoms with van der Waals surface area (Å²) >= 11 is 0. The van der Waals surface area contributed by atoms with E-state index in [1.165, 1.54) is 193 Å². The number of rotatable bonds is 40. The van der Waals surface area contributed by atoms with Gasteiger partial charge in [-0.25, -0.2) is 0 Å². The van der Waals surface area contributed by atoms with Crippen LogP contribution in [0, 0.1) is 0 Å². The molecule has 0 aliphatic rings. The Morgan fingerprint density at radius 1 is 0.347 bits per heavy atom. The molecule has 0 aromatic carbocycles. The van der Waals surface area contributed by atoms with Crippen LogP contribution in [0.5, 0.6) is 0 Å². The van der Waals surface area contributed by atoms with E-state index in [4.69, 9.17) is 0 Å². The summed E-state index contributed by atoms with van der Waals surface area (Å²) in [5, 5.41) is 50.5. The SMILES string of the molecule is CCCCCCCCCCCCCCCCCC[N+](C)(CCCCCCCCCCCCCCCCCC)C[C@H](O)[C@@H](O)[C@@H](O)[C@H](O)CO. The monoisotopic (exact) mass is 701 g/mol. The maximum atomic E-state index is 10.8. The van der Waals surface area contributed by atoms with E-state index in [-0.39, 0.29) is 0 Å². The van der Waals surface area contributed by atoms with Crippen LogP contribution < -0.4 is 0 Å². The number of aliphatic hydroxyl groups excluding tert-OH is 5. The van der Waals surface area contributed by atoms with Crippen LogP contribution in [0.4, 0.5) is 0 Å². The zero-order valence-electron chi connectivity index (χ0n) is 33.4. The molecular weight excluding hydrogens is 610 g/mol. The van der Waals surface area contributed by atoms with Gasteiger partial charge in [0.1, 0.15) is 31.0 Å². The molecule has 0 radical (unpaired) electrons. The van der Waals surface area contributed by atoms with Crippen molar-refractivity contribution in [2.75, 3.05) is 33.3 Å². The van der Waals surface area contributed by atoms with Gasteiger partial charge >= 0.3 is 0 Å². The zero-order chi connectivity index (χ0) is 36.3. The van der Waals surface area contributed by atoms with Crippen LogP contribution in [-0.4, -0.2) is 87.7 Å². The first-order valence-electron chi connectivity index (χ1n) is 22.0. The number of unbranched alkanes of at least 4 members (excludes halogenated alkanes) is 30. The first-order chi connectivity index (χ1) is 23.8. The maximum absolute atomic E-state index is 10.8. The fourth-order valence-corrected chi connectivity index (χ4v) is 7.50. The summed E-state index contributed by atoms with van der Waals surface area (Å²) in [6.07, 6.45) is 37.4. The molecule has 0 amide bonds. The fraction of sp³-hybridized carbons (Fsp3) is 1.00. The molecule has 0 heterocycles. The molecule has 296 valence electrons. The van der Waals surface area contributed by atoms with E-state index in [0.29, 0.717) is 11.0 Å². The highest BCUT2D eigenvalue weighted by Crippen LogP contribution is 2.19. The number of quaternary nitrogens is 1. The fourth-order valence-electron chi connectivity index (χ4n) is 7.50. The molecule has 0 spiro atoms. The molecule has 0 aromatic rings. The minimum Gasteiger partial charge on any atom is -0.394 e. The van der Waals surface area contributed by atoms with Crippen LogP contribution in [0.15, 0.2) is 0 Å². The van der Waals surface area contributed by atoms with Crippen molar-refractivity contribution in [1.82, 2.24) is 0 Å². The summed E-state index contributed by atoms with van der Waals surface area (Å²) in [5.41, 5.74) is 0. The van der Waals surface area contributed by atoms with Gasteiger partial charge in [-0.1, -0.05) is 194 Å². The first-order valence-corrected chi connectivity index (χ1v) is 22.0. The van der Waals surface area contributed by atoms with E-state index in [2.05, 4.69) is 20.9 Å². The Kier molecular flexibility index (Phi) is 36.0. The van der Waals surface area contributed by atoms with E-state index >= 15 is 0 Å². The second-order valence-corrected chi connectivity index (χ2v) is 16.2. The molecule has 0 bridgehead atoms. The number of hydrogen-bond acceptors (Lipinski definition) is 5. The molecular formula is C43H90NO5+. The molecule has 0 saturated heterocycles. The lowest BCUT2D eigenvalue weighted by molar-refractivity contribution is -0.913. The summed E-state index contributed by atoms with van der Waals surface area (Å²) in [7, 11) is 2.17. The third-order valence-electron chi connectivity index (χ3n) is 11.1. The minimum absolute atomic E-state index is 0.341. The lowest BCUT2D eigenvalue weighted by Gasteiger charge is -2.38. The Bertz CT molecular complexity index is 614. The van der Waals surface area contributed by atoms with E-state index in [0.717, 1.165) is 25.9 Å². The van der Waals surface area contributed by atoms with Gasteiger partial charge in [-0.05, 0) is 25.7 Å². The molecule has 0 aromatic heterocycles. The molecule has 0 rings (SSSR count). The normalized spacial score (nSPS) is 14.7. The maximum Gasteiger partial charge on any atom is 0.131 e. The Hall–Kier alpha value is -0.240. The molecule has 6 heteroatoms. The molecule has 0 aliphatic carbocycles. The second-order valence-electron chi connectivity index (χ2n) is 16.2. The number of nitrogens with zero attached hydrogens (tertiary/aromatic N) is 1. The van der Waals surface area contributed by atoms with Crippen molar-refractivity contribution in [3.05, 3.63) is 0 Å². The highest BCUT2D eigenvalue weighted by molar-refractivity contribution is 4.80. The van der Waals surface area contributed by atoms with Gasteiger partial charge in [0, 0.05) is 0 Å². The van der Waals surface area contributed by atoms with Gasteiger partial charge in [0.15, 0.2) is 0 Å². The summed E-state index contributed by atoms with van der Waals surface area (Å²) in [6.45, 7) is 6.15. The van der Waals surface area contributed by atoms with Crippen LogP contribution in [0.1, 0.15) is 219 Å². The van der Waals surface area contributed by atoms with Gasteiger partial charge in [-0.2, -0.15) is 0 Å². The third kappa shape index (κ3) is 31.0. The highest BCUT2D eigenvalue weighted by atomic mass is 16.4. The molecule has 49 heavy (non-hydrogen) atoms. The standard InChI is InChI=1S/C43H90NO5/c1-4-6-8-10-12-14-16-18-20-22-24-26-28-30-32-34-36-44(3,38-40(46)42(48)43(49)41(47)39-45)37-35-33-31-29-27-25-23-21-19-17-15-13-11-9-7-5-2/h40-43,45-49H,4-39H2,1-3H3/q+1/t40-,41+,42+,43-/m0/s1. The number of likely N-dealkylation sites (N-methyl/N-ethyl adjacent to an activating group) is 1. The molecule has 0 aliphatic heterocycles. The highest BCUT2D eigenvalue weighted by Gasteiger charge is 2.35. The Morgan fingerprint density at radius 3 is 0.816 bits per heavy atom. The summed E-state index contributed by atoms with van der Waals surface area (Å²) in [4.78, 5) is 0. The molecule has 0 fully saturated rings. The molecule has 0 unspecified atom stereocenters. The molecule has 0 saturated carbocycles. The van der Waals surface area contributed by atoms with Gasteiger partial charge in [0.2, 0.25) is 0 Å². The summed E-state index contributed by atoms with van der Waals surface area (Å²) in [5.74, 6) is 0. The van der Waals surface area contributed by atoms with Crippen LogP contribution >= 0.6 is 0 Å². The van der Waals surface area contributed by atoms with Crippen LogP contribution in [0.3, 0.4) is 0 Å². The van der Waals surface area contributed by atoms with Crippen molar-refractivity contribution in [3.8, 4) is 0 Å². The van der Waals surface area contributed by atoms with Crippen molar-refractivity contribution in [1.29, 1.82) is 0 Å². The smallest absolute Gasteiger partial charge is 0.131 e. The van der Waals surface area contributed by atoms with Gasteiger partial charge in [-0.3, -0.25) is 0 Å². The molecule has 4 atom stereocenters. The van der Waals surface area contributed by atoms with E-state index in [9.17, 15) is 25.5 Å². The Labute approximate surface area is 306 Å². The quantitative estimate of drug-likeness (QED) is 0.0324. The van der Waals surface area contributed by atoms with Crippen molar-refractivity contribution in [2.24, 2.45) is 0 Å². The van der Waals surface area contributed by atoms with E-state index in [1.54, 1.807) is 0 Å². The number of aliphatic hydroxyl groups is 5. The van der Waals surface area contributed by atoms with Crippen LogP contribution in [0.25, 0.3) is 0 Å². The average Bonchev–Trinajstić information content (AvgIpc) is 3.10. The van der Waals surface area contributed by atoms with Crippen LogP contribution in [-0.2, 0) is 0 Å². The van der Waals surface area contributed by atoms with Gasteiger partial charge in [-0.15, -0.1) is 0 Å². The van der Waals surface area contributed by atoms with Gasteiger partial charge in [0.25, 0.3) is 0 Å². The van der Waals surface area contributed by atoms with Gasteiger partial charge in [0.05, 0.1) is 26.7 Å². The zero-order valence-corrected chi connectivity index (χ0v) is 33.4. The number of hydrogen-bond donors (Lipinski definition) is 5. The van der Waals surface area contributed by atoms with Crippen molar-refractivity contribution in [2.45, 2.75) is 244 Å². The topological polar surface area (TPSA) is 101 Å². The second kappa shape index (κ2) is 36.1. The predicted molar refractivity (Wildman–Crippen MR) is 211 cm³/mol. The summed E-state index contributed by atoms with van der Waals surface area (Å²) < 4.78 is 0.664. The van der Waals surface area contributed by atoms with Crippen LogP contribution in [0.2, 0.25) is 0 Å².